The maximum Gasteiger partial charge on any atom is 0.113 e. The molecule has 0 N–H and O–H groups in total. The highest BCUT2D eigenvalue weighted by molar-refractivity contribution is 6.32. The fourth-order valence-corrected chi connectivity index (χ4v) is 3.68. The van der Waals surface area contributed by atoms with Crippen LogP contribution in [0.1, 0.15) is 31.2 Å². The molecule has 2 aliphatic rings. The van der Waals surface area contributed by atoms with Gasteiger partial charge < -0.3 is 9.47 Å². The third-order valence-electron chi connectivity index (χ3n) is 4.86. The minimum atomic E-state index is 0.382. The first-order chi connectivity index (χ1) is 10.8. The van der Waals surface area contributed by atoms with Gasteiger partial charge >= 0.3 is 0 Å². The Hall–Kier alpha value is -0.835. The van der Waals surface area contributed by atoms with Crippen LogP contribution in [-0.4, -0.2) is 57.8 Å². The quantitative estimate of drug-likeness (QED) is 0.772. The van der Waals surface area contributed by atoms with E-state index < -0.39 is 0 Å². The summed E-state index contributed by atoms with van der Waals surface area (Å²) in [4.78, 5) is 2.58. The van der Waals surface area contributed by atoms with Crippen molar-refractivity contribution >= 4 is 13.3 Å². The second-order valence-electron chi connectivity index (χ2n) is 6.40. The van der Waals surface area contributed by atoms with Gasteiger partial charge in [0.05, 0.1) is 25.9 Å². The van der Waals surface area contributed by atoms with Crippen molar-refractivity contribution < 1.29 is 9.47 Å². The van der Waals surface area contributed by atoms with E-state index in [4.69, 9.17) is 17.3 Å². The SMILES string of the molecule is [B]c1cccc(CCOC2CCCCC2N2CCOCC2)c1. The molecule has 0 bridgehead atoms. The van der Waals surface area contributed by atoms with E-state index in [1.807, 2.05) is 18.2 Å². The lowest BCUT2D eigenvalue weighted by Gasteiger charge is -2.41. The topological polar surface area (TPSA) is 21.7 Å². The van der Waals surface area contributed by atoms with Crippen LogP contribution >= 0.6 is 0 Å². The molecule has 0 amide bonds. The summed E-state index contributed by atoms with van der Waals surface area (Å²) in [5.41, 5.74) is 2.10. The van der Waals surface area contributed by atoms with Crippen LogP contribution in [0.5, 0.6) is 0 Å². The molecule has 1 aliphatic heterocycles. The minimum Gasteiger partial charge on any atom is -0.379 e. The third-order valence-corrected chi connectivity index (χ3v) is 4.86. The van der Waals surface area contributed by atoms with Gasteiger partial charge in [-0.25, -0.2) is 0 Å². The van der Waals surface area contributed by atoms with Gasteiger partial charge in [-0.3, -0.25) is 4.90 Å². The van der Waals surface area contributed by atoms with Crippen LogP contribution in [0.2, 0.25) is 0 Å². The molecule has 1 saturated heterocycles. The van der Waals surface area contributed by atoms with E-state index in [9.17, 15) is 0 Å². The Morgan fingerprint density at radius 1 is 1.18 bits per heavy atom. The van der Waals surface area contributed by atoms with E-state index in [1.54, 1.807) is 0 Å². The molecule has 0 spiro atoms. The van der Waals surface area contributed by atoms with E-state index >= 15 is 0 Å². The molecule has 118 valence electrons. The zero-order valence-electron chi connectivity index (χ0n) is 13.4. The van der Waals surface area contributed by atoms with Gasteiger partial charge in [-0.15, -0.1) is 0 Å². The molecule has 2 fully saturated rings. The molecule has 1 aromatic rings. The first kappa shape index (κ1) is 16.0. The van der Waals surface area contributed by atoms with Gasteiger partial charge in [0.25, 0.3) is 0 Å². The molecule has 0 aromatic heterocycles. The van der Waals surface area contributed by atoms with Crippen LogP contribution < -0.4 is 5.46 Å². The second-order valence-corrected chi connectivity index (χ2v) is 6.40. The van der Waals surface area contributed by atoms with Crippen LogP contribution in [0.3, 0.4) is 0 Å². The molecule has 22 heavy (non-hydrogen) atoms. The first-order valence-corrected chi connectivity index (χ1v) is 8.61. The molecule has 1 aliphatic carbocycles. The number of morpholine rings is 1. The van der Waals surface area contributed by atoms with Gasteiger partial charge in [0, 0.05) is 19.1 Å². The summed E-state index contributed by atoms with van der Waals surface area (Å²) < 4.78 is 11.8. The van der Waals surface area contributed by atoms with E-state index in [-0.39, 0.29) is 0 Å². The summed E-state index contributed by atoms with van der Waals surface area (Å²) in [7, 11) is 5.83. The Morgan fingerprint density at radius 2 is 2.00 bits per heavy atom. The average molecular weight is 299 g/mol. The van der Waals surface area contributed by atoms with Crippen LogP contribution in [-0.2, 0) is 15.9 Å². The van der Waals surface area contributed by atoms with Crippen molar-refractivity contribution in [2.45, 2.75) is 44.2 Å². The summed E-state index contributed by atoms with van der Waals surface area (Å²) in [6.07, 6.45) is 6.41. The maximum atomic E-state index is 6.27. The fourth-order valence-electron chi connectivity index (χ4n) is 3.68. The lowest BCUT2D eigenvalue weighted by molar-refractivity contribution is -0.0647. The van der Waals surface area contributed by atoms with Crippen LogP contribution in [0, 0.1) is 0 Å². The highest BCUT2D eigenvalue weighted by Gasteiger charge is 2.31. The number of nitrogens with zero attached hydrogens (tertiary/aromatic N) is 1. The van der Waals surface area contributed by atoms with Crippen molar-refractivity contribution in [1.82, 2.24) is 4.90 Å². The monoisotopic (exact) mass is 299 g/mol. The number of benzene rings is 1. The zero-order valence-corrected chi connectivity index (χ0v) is 13.4. The Bertz CT molecular complexity index is 462. The molecule has 4 heteroatoms. The van der Waals surface area contributed by atoms with Crippen LogP contribution in [0.25, 0.3) is 0 Å². The van der Waals surface area contributed by atoms with Crippen molar-refractivity contribution in [3.8, 4) is 0 Å². The standard InChI is InChI=1S/C18H26BNO2/c19-16-5-3-4-15(14-16)8-11-22-18-7-2-1-6-17(18)20-9-12-21-13-10-20/h3-5,14,17-18H,1-2,6-13H2. The number of rotatable bonds is 5. The minimum absolute atomic E-state index is 0.382. The number of ether oxygens (including phenoxy) is 2. The Morgan fingerprint density at radius 3 is 2.82 bits per heavy atom. The van der Waals surface area contributed by atoms with Crippen molar-refractivity contribution in [2.75, 3.05) is 32.9 Å². The highest BCUT2D eigenvalue weighted by atomic mass is 16.5. The summed E-state index contributed by atoms with van der Waals surface area (Å²) in [6, 6.07) is 8.70. The lowest BCUT2D eigenvalue weighted by Crippen LogP contribution is -2.51. The molecule has 2 radical (unpaired) electrons. The van der Waals surface area contributed by atoms with Crippen LogP contribution in [0.15, 0.2) is 24.3 Å². The van der Waals surface area contributed by atoms with Gasteiger partial charge in [0.1, 0.15) is 7.85 Å². The van der Waals surface area contributed by atoms with E-state index in [0.717, 1.165) is 44.8 Å². The number of hydrogen-bond donors (Lipinski definition) is 0. The molecule has 1 heterocycles. The average Bonchev–Trinajstić information content (AvgIpc) is 2.56. The first-order valence-electron chi connectivity index (χ1n) is 8.61. The van der Waals surface area contributed by atoms with Crippen molar-refractivity contribution in [3.63, 3.8) is 0 Å². The predicted octanol–water partition coefficient (Wildman–Crippen LogP) is 1.68. The molecule has 1 aromatic carbocycles. The van der Waals surface area contributed by atoms with E-state index in [2.05, 4.69) is 11.0 Å². The number of hydrogen-bond acceptors (Lipinski definition) is 3. The lowest BCUT2D eigenvalue weighted by atomic mass is 9.90. The van der Waals surface area contributed by atoms with E-state index in [0.29, 0.717) is 12.1 Å². The summed E-state index contributed by atoms with van der Waals surface area (Å²) in [6.45, 7) is 4.63. The maximum absolute atomic E-state index is 6.27. The highest BCUT2D eigenvalue weighted by Crippen LogP contribution is 2.26. The van der Waals surface area contributed by atoms with Crippen molar-refractivity contribution in [3.05, 3.63) is 29.8 Å². The van der Waals surface area contributed by atoms with Gasteiger partial charge in [-0.2, -0.15) is 0 Å². The molecule has 2 atom stereocenters. The van der Waals surface area contributed by atoms with Crippen LogP contribution in [0.4, 0.5) is 0 Å². The molecular formula is C18H26BNO2. The normalized spacial score (nSPS) is 26.9. The molecule has 2 unspecified atom stereocenters. The summed E-state index contributed by atoms with van der Waals surface area (Å²) in [5, 5.41) is 0. The summed E-state index contributed by atoms with van der Waals surface area (Å²) in [5.74, 6) is 0. The molecule has 3 rings (SSSR count). The van der Waals surface area contributed by atoms with Crippen molar-refractivity contribution in [2.24, 2.45) is 0 Å². The van der Waals surface area contributed by atoms with E-state index in [1.165, 1.54) is 31.2 Å². The second kappa shape index (κ2) is 8.14. The smallest absolute Gasteiger partial charge is 0.113 e. The van der Waals surface area contributed by atoms with Crippen molar-refractivity contribution in [1.29, 1.82) is 0 Å². The Labute approximate surface area is 135 Å². The molecule has 1 saturated carbocycles. The Kier molecular flexibility index (Phi) is 5.93. The largest absolute Gasteiger partial charge is 0.379 e. The predicted molar refractivity (Wildman–Crippen MR) is 89.9 cm³/mol. The molecular weight excluding hydrogens is 273 g/mol. The van der Waals surface area contributed by atoms with Gasteiger partial charge in [-0.1, -0.05) is 42.6 Å². The third kappa shape index (κ3) is 4.34. The van der Waals surface area contributed by atoms with Gasteiger partial charge in [0.2, 0.25) is 0 Å². The van der Waals surface area contributed by atoms with Gasteiger partial charge in [0.15, 0.2) is 0 Å². The fraction of sp³-hybridized carbons (Fsp3) is 0.667. The Balaban J connectivity index is 1.50. The van der Waals surface area contributed by atoms with Gasteiger partial charge in [-0.05, 0) is 24.8 Å². The molecule has 3 nitrogen and oxygen atoms in total. The zero-order chi connectivity index (χ0) is 15.2. The summed E-state index contributed by atoms with van der Waals surface area (Å²) >= 11 is 0.